The summed E-state index contributed by atoms with van der Waals surface area (Å²) in [5.41, 5.74) is 1.78. The molecule has 0 amide bonds. The normalized spacial score (nSPS) is 32.1. The Labute approximate surface area is 85.8 Å². The van der Waals surface area contributed by atoms with Crippen LogP contribution in [-0.2, 0) is 5.60 Å². The number of hydrogen-bond donors (Lipinski definition) is 1. The lowest BCUT2D eigenvalue weighted by molar-refractivity contribution is 0.0407. The van der Waals surface area contributed by atoms with Crippen molar-refractivity contribution < 1.29 is 5.11 Å². The fourth-order valence-corrected chi connectivity index (χ4v) is 2.46. The van der Waals surface area contributed by atoms with Gasteiger partial charge in [-0.05, 0) is 37.7 Å². The third-order valence-corrected chi connectivity index (χ3v) is 3.29. The summed E-state index contributed by atoms with van der Waals surface area (Å²) in [6, 6.07) is 8.26. The zero-order valence-electron chi connectivity index (χ0n) is 8.96. The van der Waals surface area contributed by atoms with E-state index >= 15 is 0 Å². The standard InChI is InChI=1S/C13H18O/c1-10-4-3-5-12(8-10)13(14)7-6-11(2)9-13/h3-5,8,11,14H,6-7,9H2,1-2H3/t11-,13-/m0/s1. The van der Waals surface area contributed by atoms with Gasteiger partial charge in [-0.25, -0.2) is 0 Å². The van der Waals surface area contributed by atoms with Gasteiger partial charge >= 0.3 is 0 Å². The van der Waals surface area contributed by atoms with Crippen LogP contribution < -0.4 is 0 Å². The fourth-order valence-electron chi connectivity index (χ4n) is 2.46. The van der Waals surface area contributed by atoms with Gasteiger partial charge in [-0.15, -0.1) is 0 Å². The van der Waals surface area contributed by atoms with Crippen LogP contribution in [-0.4, -0.2) is 5.11 Å². The Morgan fingerprint density at radius 3 is 2.79 bits per heavy atom. The van der Waals surface area contributed by atoms with Crippen LogP contribution in [0.3, 0.4) is 0 Å². The van der Waals surface area contributed by atoms with E-state index in [1.54, 1.807) is 0 Å². The molecule has 1 saturated carbocycles. The first kappa shape index (κ1) is 9.72. The highest BCUT2D eigenvalue weighted by Crippen LogP contribution is 2.41. The van der Waals surface area contributed by atoms with Crippen LogP contribution in [0.15, 0.2) is 24.3 Å². The number of benzene rings is 1. The first-order valence-electron chi connectivity index (χ1n) is 5.40. The van der Waals surface area contributed by atoms with Crippen molar-refractivity contribution in [3.8, 4) is 0 Å². The summed E-state index contributed by atoms with van der Waals surface area (Å²) in [5.74, 6) is 0.653. The van der Waals surface area contributed by atoms with E-state index in [1.165, 1.54) is 5.56 Å². The van der Waals surface area contributed by atoms with Gasteiger partial charge in [0, 0.05) is 0 Å². The molecule has 2 rings (SSSR count). The Morgan fingerprint density at radius 2 is 2.21 bits per heavy atom. The van der Waals surface area contributed by atoms with Crippen LogP contribution in [0.25, 0.3) is 0 Å². The lowest BCUT2D eigenvalue weighted by Crippen LogP contribution is -2.21. The second-order valence-corrected chi connectivity index (χ2v) is 4.75. The van der Waals surface area contributed by atoms with E-state index in [0.29, 0.717) is 5.92 Å². The summed E-state index contributed by atoms with van der Waals surface area (Å²) >= 11 is 0. The molecular formula is C13H18O. The SMILES string of the molecule is Cc1cccc([C@]2(O)CC[C@H](C)C2)c1. The summed E-state index contributed by atoms with van der Waals surface area (Å²) < 4.78 is 0. The lowest BCUT2D eigenvalue weighted by Gasteiger charge is -2.23. The second kappa shape index (κ2) is 3.39. The molecule has 0 unspecified atom stereocenters. The Bertz CT molecular complexity index is 332. The first-order valence-corrected chi connectivity index (χ1v) is 5.40. The van der Waals surface area contributed by atoms with Crippen molar-refractivity contribution in [3.63, 3.8) is 0 Å². The molecule has 0 radical (unpaired) electrons. The van der Waals surface area contributed by atoms with Crippen molar-refractivity contribution in [2.24, 2.45) is 5.92 Å². The molecule has 1 aliphatic rings. The van der Waals surface area contributed by atoms with E-state index in [-0.39, 0.29) is 0 Å². The van der Waals surface area contributed by atoms with Crippen LogP contribution in [0.5, 0.6) is 0 Å². The summed E-state index contributed by atoms with van der Waals surface area (Å²) in [6.45, 7) is 4.29. The Hall–Kier alpha value is -0.820. The van der Waals surface area contributed by atoms with Crippen molar-refractivity contribution in [1.29, 1.82) is 0 Å². The Kier molecular flexibility index (Phi) is 2.36. The summed E-state index contributed by atoms with van der Waals surface area (Å²) in [5, 5.41) is 10.5. The molecule has 1 aliphatic carbocycles. The topological polar surface area (TPSA) is 20.2 Å². The molecule has 76 valence electrons. The van der Waals surface area contributed by atoms with Gasteiger partial charge in [0.15, 0.2) is 0 Å². The van der Waals surface area contributed by atoms with E-state index < -0.39 is 5.60 Å². The molecular weight excluding hydrogens is 172 g/mol. The number of rotatable bonds is 1. The summed E-state index contributed by atoms with van der Waals surface area (Å²) in [4.78, 5) is 0. The monoisotopic (exact) mass is 190 g/mol. The summed E-state index contributed by atoms with van der Waals surface area (Å²) in [6.07, 6.45) is 2.97. The van der Waals surface area contributed by atoms with Gasteiger partial charge in [0.1, 0.15) is 0 Å². The molecule has 2 atom stereocenters. The Balaban J connectivity index is 2.30. The smallest absolute Gasteiger partial charge is 0.0899 e. The van der Waals surface area contributed by atoms with E-state index in [1.807, 2.05) is 12.1 Å². The van der Waals surface area contributed by atoms with Gasteiger partial charge in [0.25, 0.3) is 0 Å². The van der Waals surface area contributed by atoms with Crippen molar-refractivity contribution in [1.82, 2.24) is 0 Å². The molecule has 0 saturated heterocycles. The van der Waals surface area contributed by atoms with Gasteiger partial charge in [-0.2, -0.15) is 0 Å². The quantitative estimate of drug-likeness (QED) is 0.721. The predicted octanol–water partition coefficient (Wildman–Crippen LogP) is 3.00. The third-order valence-electron chi connectivity index (χ3n) is 3.29. The van der Waals surface area contributed by atoms with Crippen LogP contribution in [0, 0.1) is 12.8 Å². The zero-order chi connectivity index (χ0) is 10.2. The van der Waals surface area contributed by atoms with E-state index in [9.17, 15) is 5.11 Å². The largest absolute Gasteiger partial charge is 0.385 e. The highest BCUT2D eigenvalue weighted by atomic mass is 16.3. The van der Waals surface area contributed by atoms with Gasteiger partial charge in [0.05, 0.1) is 5.60 Å². The molecule has 0 spiro atoms. The van der Waals surface area contributed by atoms with Crippen molar-refractivity contribution in [2.45, 2.75) is 38.7 Å². The molecule has 1 fully saturated rings. The maximum Gasteiger partial charge on any atom is 0.0899 e. The second-order valence-electron chi connectivity index (χ2n) is 4.75. The minimum atomic E-state index is -0.550. The van der Waals surface area contributed by atoms with Gasteiger partial charge < -0.3 is 5.11 Å². The third kappa shape index (κ3) is 1.69. The number of hydrogen-bond acceptors (Lipinski definition) is 1. The number of aliphatic hydroxyl groups is 1. The molecule has 1 N–H and O–H groups in total. The molecule has 1 aromatic carbocycles. The average Bonchev–Trinajstić information content (AvgIpc) is 2.48. The highest BCUT2D eigenvalue weighted by molar-refractivity contribution is 5.28. The molecule has 0 aromatic heterocycles. The average molecular weight is 190 g/mol. The van der Waals surface area contributed by atoms with Crippen molar-refractivity contribution in [3.05, 3.63) is 35.4 Å². The lowest BCUT2D eigenvalue weighted by atomic mass is 9.90. The van der Waals surface area contributed by atoms with Crippen LogP contribution >= 0.6 is 0 Å². The fraction of sp³-hybridized carbons (Fsp3) is 0.538. The molecule has 1 heteroatoms. The van der Waals surface area contributed by atoms with Crippen LogP contribution in [0.1, 0.15) is 37.3 Å². The molecule has 0 aliphatic heterocycles. The van der Waals surface area contributed by atoms with E-state index in [4.69, 9.17) is 0 Å². The minimum Gasteiger partial charge on any atom is -0.385 e. The molecule has 14 heavy (non-hydrogen) atoms. The first-order chi connectivity index (χ1) is 6.60. The number of aryl methyl sites for hydroxylation is 1. The predicted molar refractivity (Wildman–Crippen MR) is 58.1 cm³/mol. The van der Waals surface area contributed by atoms with Crippen molar-refractivity contribution in [2.75, 3.05) is 0 Å². The zero-order valence-corrected chi connectivity index (χ0v) is 8.96. The van der Waals surface area contributed by atoms with Gasteiger partial charge in [-0.1, -0.05) is 36.8 Å². The summed E-state index contributed by atoms with van der Waals surface area (Å²) in [7, 11) is 0. The van der Waals surface area contributed by atoms with Crippen LogP contribution in [0.2, 0.25) is 0 Å². The van der Waals surface area contributed by atoms with Crippen molar-refractivity contribution >= 4 is 0 Å². The highest BCUT2D eigenvalue weighted by Gasteiger charge is 2.36. The maximum absolute atomic E-state index is 10.5. The van der Waals surface area contributed by atoms with Gasteiger partial charge in [0.2, 0.25) is 0 Å². The minimum absolute atomic E-state index is 0.550. The van der Waals surface area contributed by atoms with E-state index in [0.717, 1.165) is 24.8 Å². The molecule has 1 aromatic rings. The Morgan fingerprint density at radius 1 is 1.43 bits per heavy atom. The van der Waals surface area contributed by atoms with Crippen LogP contribution in [0.4, 0.5) is 0 Å². The molecule has 1 nitrogen and oxygen atoms in total. The molecule has 0 bridgehead atoms. The van der Waals surface area contributed by atoms with E-state index in [2.05, 4.69) is 26.0 Å². The molecule has 0 heterocycles. The van der Waals surface area contributed by atoms with Gasteiger partial charge in [-0.3, -0.25) is 0 Å². The maximum atomic E-state index is 10.5.